The second kappa shape index (κ2) is 5.48. The molecule has 1 aromatic carbocycles. The number of nitrogens with one attached hydrogen (secondary N) is 1. The van der Waals surface area contributed by atoms with E-state index in [2.05, 4.69) is 10.3 Å². The van der Waals surface area contributed by atoms with E-state index in [4.69, 9.17) is 0 Å². The van der Waals surface area contributed by atoms with Crippen LogP contribution in [0.15, 0.2) is 42.7 Å². The van der Waals surface area contributed by atoms with Gasteiger partial charge < -0.3 is 5.32 Å². The molecule has 3 rings (SSSR count). The van der Waals surface area contributed by atoms with Gasteiger partial charge in [0.25, 0.3) is 5.91 Å². The zero-order valence-corrected chi connectivity index (χ0v) is 11.8. The molecule has 2 aromatic rings. The molecule has 0 unspecified atom stereocenters. The van der Waals surface area contributed by atoms with Gasteiger partial charge >= 0.3 is 0 Å². The van der Waals surface area contributed by atoms with E-state index >= 15 is 0 Å². The van der Waals surface area contributed by atoms with Gasteiger partial charge in [-0.2, -0.15) is 0 Å². The molecule has 0 atom stereocenters. The molecule has 1 heterocycles. The lowest BCUT2D eigenvalue weighted by Crippen LogP contribution is -2.25. The Bertz CT molecular complexity index is 705. The molecule has 4 heteroatoms. The predicted octanol–water partition coefficient (Wildman–Crippen LogP) is 2.84. The van der Waals surface area contributed by atoms with Crippen molar-refractivity contribution >= 4 is 11.7 Å². The molecule has 21 heavy (non-hydrogen) atoms. The van der Waals surface area contributed by atoms with Gasteiger partial charge in [0.1, 0.15) is 0 Å². The molecule has 1 amide bonds. The quantitative estimate of drug-likeness (QED) is 0.876. The van der Waals surface area contributed by atoms with Crippen molar-refractivity contribution in [2.24, 2.45) is 0 Å². The summed E-state index contributed by atoms with van der Waals surface area (Å²) in [5, 5.41) is 2.95. The molecular weight excluding hydrogens is 264 g/mol. The van der Waals surface area contributed by atoms with E-state index in [-0.39, 0.29) is 11.7 Å². The number of hydrogen-bond acceptors (Lipinski definition) is 3. The number of Topliss-reactive ketones (excluding diaryl/α,β-unsaturated/α-hetero) is 1. The Labute approximate surface area is 123 Å². The van der Waals surface area contributed by atoms with Gasteiger partial charge in [0.05, 0.1) is 5.56 Å². The summed E-state index contributed by atoms with van der Waals surface area (Å²) < 4.78 is 0. The van der Waals surface area contributed by atoms with Crippen molar-refractivity contribution in [3.8, 4) is 11.1 Å². The first-order valence-corrected chi connectivity index (χ1v) is 7.01. The van der Waals surface area contributed by atoms with Crippen molar-refractivity contribution in [3.63, 3.8) is 0 Å². The van der Waals surface area contributed by atoms with Crippen molar-refractivity contribution < 1.29 is 9.59 Å². The van der Waals surface area contributed by atoms with E-state index in [9.17, 15) is 9.59 Å². The van der Waals surface area contributed by atoms with Crippen molar-refractivity contribution in [3.05, 3.63) is 53.9 Å². The fraction of sp³-hybridized carbons (Fsp3) is 0.235. The SMILES string of the molecule is CC(=O)c1cccc(-c2cncc(C(=O)NC3CC3)c2)c1. The molecule has 1 aromatic heterocycles. The number of carbonyl (C=O) groups excluding carboxylic acids is 2. The Morgan fingerprint density at radius 2 is 1.86 bits per heavy atom. The lowest BCUT2D eigenvalue weighted by Gasteiger charge is -2.06. The first kappa shape index (κ1) is 13.5. The third kappa shape index (κ3) is 3.16. The summed E-state index contributed by atoms with van der Waals surface area (Å²) in [6.45, 7) is 1.54. The van der Waals surface area contributed by atoms with Crippen LogP contribution in [0.5, 0.6) is 0 Å². The third-order valence-electron chi connectivity index (χ3n) is 3.52. The van der Waals surface area contributed by atoms with Crippen LogP contribution in [0, 0.1) is 0 Å². The topological polar surface area (TPSA) is 59.1 Å². The molecule has 4 nitrogen and oxygen atoms in total. The van der Waals surface area contributed by atoms with Gasteiger partial charge in [-0.1, -0.05) is 18.2 Å². The molecule has 0 aliphatic heterocycles. The zero-order chi connectivity index (χ0) is 14.8. The largest absolute Gasteiger partial charge is 0.349 e. The lowest BCUT2D eigenvalue weighted by molar-refractivity contribution is 0.0949. The number of aromatic nitrogens is 1. The van der Waals surface area contributed by atoms with Crippen LogP contribution in [0.25, 0.3) is 11.1 Å². The standard InChI is InChI=1S/C17H16N2O2/c1-11(20)12-3-2-4-13(7-12)14-8-15(10-18-9-14)17(21)19-16-5-6-16/h2-4,7-10,16H,5-6H2,1H3,(H,19,21). The second-order valence-electron chi connectivity index (χ2n) is 5.35. The highest BCUT2D eigenvalue weighted by Gasteiger charge is 2.24. The Hall–Kier alpha value is -2.49. The molecule has 0 radical (unpaired) electrons. The van der Waals surface area contributed by atoms with Crippen LogP contribution in [-0.4, -0.2) is 22.7 Å². The highest BCUT2D eigenvalue weighted by Crippen LogP contribution is 2.22. The van der Waals surface area contributed by atoms with Crippen molar-refractivity contribution in [1.29, 1.82) is 0 Å². The molecular formula is C17H16N2O2. The maximum Gasteiger partial charge on any atom is 0.253 e. The van der Waals surface area contributed by atoms with E-state index in [1.807, 2.05) is 24.3 Å². The van der Waals surface area contributed by atoms with Crippen molar-refractivity contribution in [1.82, 2.24) is 10.3 Å². The summed E-state index contributed by atoms with van der Waals surface area (Å²) in [6.07, 6.45) is 5.38. The molecule has 0 bridgehead atoms. The number of pyridine rings is 1. The van der Waals surface area contributed by atoms with Crippen LogP contribution in [0.3, 0.4) is 0 Å². The number of nitrogens with zero attached hydrogens (tertiary/aromatic N) is 1. The smallest absolute Gasteiger partial charge is 0.253 e. The van der Waals surface area contributed by atoms with Crippen molar-refractivity contribution in [2.45, 2.75) is 25.8 Å². The van der Waals surface area contributed by atoms with Crippen LogP contribution in [0.2, 0.25) is 0 Å². The lowest BCUT2D eigenvalue weighted by atomic mass is 10.0. The first-order chi connectivity index (χ1) is 10.1. The van der Waals surface area contributed by atoms with E-state index in [0.717, 1.165) is 24.0 Å². The molecule has 1 aliphatic carbocycles. The first-order valence-electron chi connectivity index (χ1n) is 7.01. The van der Waals surface area contributed by atoms with Gasteiger partial charge in [-0.25, -0.2) is 0 Å². The number of benzene rings is 1. The molecule has 1 aliphatic rings. The van der Waals surface area contributed by atoms with Gasteiger partial charge in [0.15, 0.2) is 5.78 Å². The van der Waals surface area contributed by atoms with Crippen molar-refractivity contribution in [2.75, 3.05) is 0 Å². The van der Waals surface area contributed by atoms with Crippen LogP contribution >= 0.6 is 0 Å². The molecule has 0 spiro atoms. The fourth-order valence-corrected chi connectivity index (χ4v) is 2.14. The van der Waals surface area contributed by atoms with E-state index in [1.165, 1.54) is 6.92 Å². The summed E-state index contributed by atoms with van der Waals surface area (Å²) in [6, 6.07) is 9.48. The average molecular weight is 280 g/mol. The third-order valence-corrected chi connectivity index (χ3v) is 3.52. The minimum absolute atomic E-state index is 0.0208. The van der Waals surface area contributed by atoms with Gasteiger partial charge in [-0.15, -0.1) is 0 Å². The van der Waals surface area contributed by atoms with Crippen LogP contribution < -0.4 is 5.32 Å². The van der Waals surface area contributed by atoms with E-state index < -0.39 is 0 Å². The van der Waals surface area contributed by atoms with Gasteiger partial charge in [0.2, 0.25) is 0 Å². The van der Waals surface area contributed by atoms with Gasteiger partial charge in [-0.3, -0.25) is 14.6 Å². The zero-order valence-electron chi connectivity index (χ0n) is 11.8. The Balaban J connectivity index is 1.89. The van der Waals surface area contributed by atoms with Gasteiger partial charge in [0, 0.05) is 29.6 Å². The Morgan fingerprint density at radius 1 is 1.10 bits per heavy atom. The molecule has 1 saturated carbocycles. The normalized spacial score (nSPS) is 13.8. The highest BCUT2D eigenvalue weighted by atomic mass is 16.1. The Morgan fingerprint density at radius 3 is 2.57 bits per heavy atom. The maximum absolute atomic E-state index is 12.0. The number of hydrogen-bond donors (Lipinski definition) is 1. The summed E-state index contributed by atoms with van der Waals surface area (Å²) in [5.41, 5.74) is 2.92. The summed E-state index contributed by atoms with van der Waals surface area (Å²) in [7, 11) is 0. The molecule has 1 N–H and O–H groups in total. The summed E-state index contributed by atoms with van der Waals surface area (Å²) in [5.74, 6) is -0.0676. The monoisotopic (exact) mass is 280 g/mol. The minimum Gasteiger partial charge on any atom is -0.349 e. The highest BCUT2D eigenvalue weighted by molar-refractivity contribution is 5.97. The summed E-state index contributed by atoms with van der Waals surface area (Å²) in [4.78, 5) is 27.6. The van der Waals surface area contributed by atoms with E-state index in [0.29, 0.717) is 17.2 Å². The fourth-order valence-electron chi connectivity index (χ4n) is 2.14. The van der Waals surface area contributed by atoms with Crippen LogP contribution in [-0.2, 0) is 0 Å². The summed E-state index contributed by atoms with van der Waals surface area (Å²) >= 11 is 0. The number of rotatable bonds is 4. The maximum atomic E-state index is 12.0. The second-order valence-corrected chi connectivity index (χ2v) is 5.35. The van der Waals surface area contributed by atoms with Gasteiger partial charge in [-0.05, 0) is 37.5 Å². The van der Waals surface area contributed by atoms with E-state index in [1.54, 1.807) is 18.5 Å². The minimum atomic E-state index is -0.0884. The van der Waals surface area contributed by atoms with Crippen LogP contribution in [0.1, 0.15) is 40.5 Å². The van der Waals surface area contributed by atoms with Crippen LogP contribution in [0.4, 0.5) is 0 Å². The molecule has 1 fully saturated rings. The predicted molar refractivity (Wildman–Crippen MR) is 80.2 cm³/mol. The molecule has 106 valence electrons. The number of amides is 1. The average Bonchev–Trinajstić information content (AvgIpc) is 3.31. The number of ketones is 1. The molecule has 0 saturated heterocycles. The number of carbonyl (C=O) groups is 2. The Kier molecular flexibility index (Phi) is 3.52.